The molecule has 1 aliphatic heterocycles. The van der Waals surface area contributed by atoms with Crippen molar-refractivity contribution in [1.82, 2.24) is 0 Å². The highest BCUT2D eigenvalue weighted by molar-refractivity contribution is 9.10. The maximum atomic E-state index is 13.2. The molecule has 0 saturated heterocycles. The largest absolute Gasteiger partial charge is 0.333 e. The zero-order valence-electron chi connectivity index (χ0n) is 11.5. The molecule has 0 atom stereocenters. The number of thioether (sulfide) groups is 1. The van der Waals surface area contributed by atoms with Crippen LogP contribution < -0.4 is 5.32 Å². The van der Waals surface area contributed by atoms with E-state index in [9.17, 15) is 4.39 Å². The lowest BCUT2D eigenvalue weighted by molar-refractivity contribution is 0.318. The van der Waals surface area contributed by atoms with Gasteiger partial charge in [0.1, 0.15) is 5.82 Å². The zero-order valence-corrected chi connectivity index (χ0v) is 14.6. The molecule has 0 amide bonds. The van der Waals surface area contributed by atoms with Crippen molar-refractivity contribution in [2.75, 3.05) is 17.6 Å². The van der Waals surface area contributed by atoms with Gasteiger partial charge in [0.05, 0.1) is 10.7 Å². The molecule has 1 aliphatic rings. The van der Waals surface area contributed by atoms with Gasteiger partial charge in [0.25, 0.3) is 0 Å². The standard InChI is InChI=1S/C14H17BrClFN2S/c1-3-14(4-2)7-18-13(20-8-14)19-12-10(15)5-9(17)6-11(12)16/h5-6H,3-4,7-8H2,1-2H3,(H,18,19). The van der Waals surface area contributed by atoms with Crippen LogP contribution in [0.4, 0.5) is 10.1 Å². The normalized spacial score (nSPS) is 17.8. The van der Waals surface area contributed by atoms with Crippen molar-refractivity contribution < 1.29 is 4.39 Å². The van der Waals surface area contributed by atoms with Crippen LogP contribution in [0.3, 0.4) is 0 Å². The molecule has 1 aromatic carbocycles. The van der Waals surface area contributed by atoms with Crippen LogP contribution in [0.25, 0.3) is 0 Å². The van der Waals surface area contributed by atoms with Crippen LogP contribution >= 0.6 is 39.3 Å². The van der Waals surface area contributed by atoms with Crippen LogP contribution in [0.2, 0.25) is 5.02 Å². The molecule has 0 fully saturated rings. The topological polar surface area (TPSA) is 24.4 Å². The van der Waals surface area contributed by atoms with Gasteiger partial charge >= 0.3 is 0 Å². The van der Waals surface area contributed by atoms with Crippen LogP contribution in [0.5, 0.6) is 0 Å². The van der Waals surface area contributed by atoms with Crippen LogP contribution in [0.15, 0.2) is 21.6 Å². The van der Waals surface area contributed by atoms with Gasteiger partial charge in [-0.3, -0.25) is 4.99 Å². The minimum absolute atomic E-state index is 0.305. The molecule has 0 radical (unpaired) electrons. The Hall–Kier alpha value is -0.260. The minimum atomic E-state index is -0.360. The van der Waals surface area contributed by atoms with Gasteiger partial charge < -0.3 is 5.32 Å². The third-order valence-electron chi connectivity index (χ3n) is 3.81. The third-order valence-corrected chi connectivity index (χ3v) is 6.00. The number of hydrogen-bond acceptors (Lipinski definition) is 3. The van der Waals surface area contributed by atoms with E-state index in [1.54, 1.807) is 11.8 Å². The lowest BCUT2D eigenvalue weighted by Gasteiger charge is -2.33. The first-order chi connectivity index (χ1) is 9.49. The number of aliphatic imine (C=N–C) groups is 1. The summed E-state index contributed by atoms with van der Waals surface area (Å²) in [6.45, 7) is 5.25. The maximum absolute atomic E-state index is 13.2. The number of benzene rings is 1. The van der Waals surface area contributed by atoms with Crippen molar-refractivity contribution in [3.8, 4) is 0 Å². The molecule has 0 spiro atoms. The molecule has 1 aromatic rings. The third kappa shape index (κ3) is 3.49. The van der Waals surface area contributed by atoms with E-state index in [-0.39, 0.29) is 5.82 Å². The monoisotopic (exact) mass is 378 g/mol. The van der Waals surface area contributed by atoms with Gasteiger partial charge in [0.15, 0.2) is 5.17 Å². The molecule has 0 bridgehead atoms. The van der Waals surface area contributed by atoms with Gasteiger partial charge in [-0.1, -0.05) is 37.2 Å². The second-order valence-corrected chi connectivity index (χ2v) is 7.21. The summed E-state index contributed by atoms with van der Waals surface area (Å²) in [5.41, 5.74) is 0.972. The number of anilines is 1. The van der Waals surface area contributed by atoms with Crippen LogP contribution in [0, 0.1) is 11.2 Å². The number of halogens is 3. The second-order valence-electron chi connectivity index (χ2n) is 4.99. The van der Waals surface area contributed by atoms with E-state index in [1.807, 2.05) is 0 Å². The first-order valence-electron chi connectivity index (χ1n) is 6.58. The highest BCUT2D eigenvalue weighted by atomic mass is 79.9. The molecule has 6 heteroatoms. The lowest BCUT2D eigenvalue weighted by atomic mass is 9.84. The number of hydrogen-bond donors (Lipinski definition) is 1. The summed E-state index contributed by atoms with van der Waals surface area (Å²) in [5.74, 6) is 0.684. The molecular weight excluding hydrogens is 363 g/mol. The number of amidine groups is 1. The fourth-order valence-corrected chi connectivity index (χ4v) is 4.25. The fourth-order valence-electron chi connectivity index (χ4n) is 2.07. The summed E-state index contributed by atoms with van der Waals surface area (Å²) in [7, 11) is 0. The van der Waals surface area contributed by atoms with E-state index in [4.69, 9.17) is 11.6 Å². The highest BCUT2D eigenvalue weighted by Crippen LogP contribution is 2.37. The molecule has 0 aromatic heterocycles. The number of nitrogens with one attached hydrogen (secondary N) is 1. The average Bonchev–Trinajstić information content (AvgIpc) is 2.43. The molecule has 1 N–H and O–H groups in total. The summed E-state index contributed by atoms with van der Waals surface area (Å²) >= 11 is 11.1. The van der Waals surface area contributed by atoms with E-state index < -0.39 is 0 Å². The van der Waals surface area contributed by atoms with Gasteiger partial charge in [-0.25, -0.2) is 4.39 Å². The van der Waals surface area contributed by atoms with E-state index in [0.29, 0.717) is 20.6 Å². The molecule has 1 heterocycles. The van der Waals surface area contributed by atoms with E-state index in [1.165, 1.54) is 12.1 Å². The molecule has 0 saturated carbocycles. The summed E-state index contributed by atoms with van der Waals surface area (Å²) < 4.78 is 13.8. The van der Waals surface area contributed by atoms with Crippen molar-refractivity contribution in [2.24, 2.45) is 10.4 Å². The molecule has 20 heavy (non-hydrogen) atoms. The summed E-state index contributed by atoms with van der Waals surface area (Å²) in [5, 5.41) is 4.39. The summed E-state index contributed by atoms with van der Waals surface area (Å²) in [4.78, 5) is 4.62. The summed E-state index contributed by atoms with van der Waals surface area (Å²) in [6.07, 6.45) is 2.27. The SMILES string of the molecule is CCC1(CC)CN=C(Nc2c(Cl)cc(F)cc2Br)SC1. The van der Waals surface area contributed by atoms with Crippen molar-refractivity contribution in [1.29, 1.82) is 0 Å². The van der Waals surface area contributed by atoms with Crippen LogP contribution in [-0.2, 0) is 0 Å². The van der Waals surface area contributed by atoms with Crippen molar-refractivity contribution in [2.45, 2.75) is 26.7 Å². The molecule has 0 aliphatic carbocycles. The van der Waals surface area contributed by atoms with E-state index >= 15 is 0 Å². The quantitative estimate of drug-likeness (QED) is 0.743. The van der Waals surface area contributed by atoms with Crippen molar-refractivity contribution in [3.05, 3.63) is 27.4 Å². The molecule has 0 unspecified atom stereocenters. The van der Waals surface area contributed by atoms with Crippen LogP contribution in [0.1, 0.15) is 26.7 Å². The Morgan fingerprint density at radius 1 is 1.45 bits per heavy atom. The Balaban J connectivity index is 2.15. The Kier molecular flexibility index (Phi) is 5.37. The lowest BCUT2D eigenvalue weighted by Crippen LogP contribution is -2.32. The van der Waals surface area contributed by atoms with Gasteiger partial charge in [-0.05, 0) is 46.3 Å². The first kappa shape index (κ1) is 16.1. The Labute approximate surface area is 136 Å². The molecular formula is C14H17BrClFN2S. The van der Waals surface area contributed by atoms with E-state index in [2.05, 4.69) is 40.1 Å². The maximum Gasteiger partial charge on any atom is 0.161 e. The fraction of sp³-hybridized carbons (Fsp3) is 0.500. The molecule has 110 valence electrons. The van der Waals surface area contributed by atoms with Gasteiger partial charge in [-0.2, -0.15) is 0 Å². The predicted molar refractivity (Wildman–Crippen MR) is 90.5 cm³/mol. The Morgan fingerprint density at radius 3 is 2.65 bits per heavy atom. The minimum Gasteiger partial charge on any atom is -0.333 e. The van der Waals surface area contributed by atoms with Gasteiger partial charge in [0, 0.05) is 16.8 Å². The predicted octanol–water partition coefficient (Wildman–Crippen LogP) is 5.56. The second kappa shape index (κ2) is 6.67. The number of rotatable bonds is 3. The van der Waals surface area contributed by atoms with Gasteiger partial charge in [-0.15, -0.1) is 0 Å². The Bertz CT molecular complexity index is 509. The highest BCUT2D eigenvalue weighted by Gasteiger charge is 2.30. The molecule has 2 nitrogen and oxygen atoms in total. The average molecular weight is 380 g/mol. The van der Waals surface area contributed by atoms with Crippen LogP contribution in [-0.4, -0.2) is 17.5 Å². The number of nitrogens with zero attached hydrogens (tertiary/aromatic N) is 1. The Morgan fingerprint density at radius 2 is 2.15 bits per heavy atom. The van der Waals surface area contributed by atoms with Gasteiger partial charge in [0.2, 0.25) is 0 Å². The smallest absolute Gasteiger partial charge is 0.161 e. The summed E-state index contributed by atoms with van der Waals surface area (Å²) in [6, 6.07) is 2.69. The van der Waals surface area contributed by atoms with Crippen molar-refractivity contribution >= 4 is 50.1 Å². The molecule has 2 rings (SSSR count). The zero-order chi connectivity index (χ0) is 14.8. The van der Waals surface area contributed by atoms with Crippen molar-refractivity contribution in [3.63, 3.8) is 0 Å². The first-order valence-corrected chi connectivity index (χ1v) is 8.74. The van der Waals surface area contributed by atoms with E-state index in [0.717, 1.165) is 30.3 Å².